The lowest BCUT2D eigenvalue weighted by Gasteiger charge is -2.16. The van der Waals surface area contributed by atoms with Crippen LogP contribution in [0.15, 0.2) is 72.0 Å². The van der Waals surface area contributed by atoms with E-state index >= 15 is 0 Å². The summed E-state index contributed by atoms with van der Waals surface area (Å²) in [6.07, 6.45) is 4.83. The molecule has 1 aromatic heterocycles. The minimum absolute atomic E-state index is 0. The molecule has 0 amide bonds. The van der Waals surface area contributed by atoms with E-state index < -0.39 is 0 Å². The summed E-state index contributed by atoms with van der Waals surface area (Å²) in [6.45, 7) is 2.19. The van der Waals surface area contributed by atoms with Crippen LogP contribution in [-0.4, -0.2) is 35.4 Å². The molecule has 0 fully saturated rings. The van der Waals surface area contributed by atoms with Gasteiger partial charge >= 0.3 is 0 Å². The normalized spacial score (nSPS) is 15.2. The van der Waals surface area contributed by atoms with Gasteiger partial charge in [-0.1, -0.05) is 42.5 Å². The molecule has 1 unspecified atom stereocenters. The number of ether oxygens (including phenoxy) is 1. The molecule has 1 aliphatic rings. The Balaban J connectivity index is 0.00000240. The van der Waals surface area contributed by atoms with Crippen LogP contribution in [0.25, 0.3) is 0 Å². The molecular formula is C22H26IN5O. The summed E-state index contributed by atoms with van der Waals surface area (Å²) >= 11 is 0. The summed E-state index contributed by atoms with van der Waals surface area (Å²) in [5.41, 5.74) is 3.70. The molecule has 1 aliphatic heterocycles. The molecule has 0 spiro atoms. The van der Waals surface area contributed by atoms with Crippen molar-refractivity contribution >= 4 is 29.9 Å². The molecule has 0 aliphatic carbocycles. The van der Waals surface area contributed by atoms with E-state index in [1.807, 2.05) is 29.1 Å². The van der Waals surface area contributed by atoms with Gasteiger partial charge in [-0.25, -0.2) is 0 Å². The fraction of sp³-hybridized carbons (Fsp3) is 0.273. The smallest absolute Gasteiger partial charge is 0.191 e. The number of hydrogen-bond acceptors (Lipinski definition) is 3. The molecule has 2 heterocycles. The van der Waals surface area contributed by atoms with Crippen molar-refractivity contribution in [2.24, 2.45) is 4.99 Å². The van der Waals surface area contributed by atoms with Gasteiger partial charge in [0.15, 0.2) is 5.96 Å². The first-order valence-electron chi connectivity index (χ1n) is 9.54. The predicted molar refractivity (Wildman–Crippen MR) is 126 cm³/mol. The minimum atomic E-state index is 0. The zero-order valence-electron chi connectivity index (χ0n) is 16.4. The topological polar surface area (TPSA) is 63.5 Å². The molecule has 4 rings (SSSR count). The number of benzene rings is 2. The van der Waals surface area contributed by atoms with Crippen LogP contribution in [0.1, 0.15) is 16.7 Å². The highest BCUT2D eigenvalue weighted by molar-refractivity contribution is 14.0. The van der Waals surface area contributed by atoms with E-state index in [4.69, 9.17) is 4.74 Å². The molecule has 152 valence electrons. The summed E-state index contributed by atoms with van der Waals surface area (Å²) in [5.74, 6) is 1.77. The van der Waals surface area contributed by atoms with Gasteiger partial charge in [0.05, 0.1) is 13.1 Å². The number of nitrogens with one attached hydrogen (secondary N) is 2. The first-order valence-corrected chi connectivity index (χ1v) is 9.54. The molecule has 0 bridgehead atoms. The Labute approximate surface area is 188 Å². The molecule has 7 heteroatoms. The summed E-state index contributed by atoms with van der Waals surface area (Å²) in [4.78, 5) is 4.32. The first kappa shape index (κ1) is 21.2. The number of fused-ring (bicyclic) bond motifs is 1. The second-order valence-corrected chi connectivity index (χ2v) is 6.88. The zero-order chi connectivity index (χ0) is 19.2. The Hall–Kier alpha value is -2.55. The van der Waals surface area contributed by atoms with E-state index in [1.54, 1.807) is 13.2 Å². The predicted octanol–water partition coefficient (Wildman–Crippen LogP) is 3.22. The maximum Gasteiger partial charge on any atom is 0.191 e. The fourth-order valence-electron chi connectivity index (χ4n) is 3.40. The Kier molecular flexibility index (Phi) is 7.51. The lowest BCUT2D eigenvalue weighted by atomic mass is 10.1. The Morgan fingerprint density at radius 3 is 2.79 bits per heavy atom. The van der Waals surface area contributed by atoms with Gasteiger partial charge in [0.1, 0.15) is 11.9 Å². The maximum absolute atomic E-state index is 5.98. The van der Waals surface area contributed by atoms with Crippen molar-refractivity contribution in [3.05, 3.63) is 83.7 Å². The van der Waals surface area contributed by atoms with Crippen LogP contribution in [0, 0.1) is 0 Å². The molecule has 0 saturated carbocycles. The Morgan fingerprint density at radius 1 is 1.14 bits per heavy atom. The number of nitrogens with zero attached hydrogens (tertiary/aromatic N) is 3. The third-order valence-electron chi connectivity index (χ3n) is 4.79. The van der Waals surface area contributed by atoms with Crippen molar-refractivity contribution in [1.82, 2.24) is 20.4 Å². The largest absolute Gasteiger partial charge is 0.488 e. The van der Waals surface area contributed by atoms with Crippen LogP contribution in [0.4, 0.5) is 0 Å². The Morgan fingerprint density at radius 2 is 2.00 bits per heavy atom. The lowest BCUT2D eigenvalue weighted by Crippen LogP contribution is -2.41. The molecule has 2 N–H and O–H groups in total. The van der Waals surface area contributed by atoms with Crippen LogP contribution >= 0.6 is 24.0 Å². The monoisotopic (exact) mass is 503 g/mol. The van der Waals surface area contributed by atoms with E-state index in [0.29, 0.717) is 13.1 Å². The average molecular weight is 503 g/mol. The number of para-hydroxylation sites is 1. The highest BCUT2D eigenvalue weighted by atomic mass is 127. The molecule has 0 radical (unpaired) electrons. The van der Waals surface area contributed by atoms with Crippen LogP contribution in [0.5, 0.6) is 5.75 Å². The quantitative estimate of drug-likeness (QED) is 0.308. The van der Waals surface area contributed by atoms with Gasteiger partial charge in [0.25, 0.3) is 0 Å². The van der Waals surface area contributed by atoms with Crippen molar-refractivity contribution in [2.45, 2.75) is 25.6 Å². The van der Waals surface area contributed by atoms with Crippen molar-refractivity contribution in [2.75, 3.05) is 13.6 Å². The summed E-state index contributed by atoms with van der Waals surface area (Å²) in [6, 6.07) is 18.7. The van der Waals surface area contributed by atoms with Crippen molar-refractivity contribution in [3.63, 3.8) is 0 Å². The molecular weight excluding hydrogens is 477 g/mol. The molecule has 2 aromatic carbocycles. The average Bonchev–Trinajstić information content (AvgIpc) is 3.37. The fourth-order valence-corrected chi connectivity index (χ4v) is 3.40. The van der Waals surface area contributed by atoms with E-state index in [1.165, 1.54) is 16.7 Å². The van der Waals surface area contributed by atoms with Gasteiger partial charge in [-0.2, -0.15) is 5.10 Å². The second kappa shape index (κ2) is 10.3. The van der Waals surface area contributed by atoms with Crippen molar-refractivity contribution in [1.29, 1.82) is 0 Å². The van der Waals surface area contributed by atoms with Gasteiger partial charge in [-0.3, -0.25) is 9.67 Å². The van der Waals surface area contributed by atoms with Crippen molar-refractivity contribution < 1.29 is 4.74 Å². The Bertz CT molecular complexity index is 917. The van der Waals surface area contributed by atoms with Crippen LogP contribution in [0.3, 0.4) is 0 Å². The number of hydrogen-bond donors (Lipinski definition) is 2. The molecule has 1 atom stereocenters. The number of aliphatic imine (C=N–C) groups is 1. The number of aromatic nitrogens is 2. The van der Waals surface area contributed by atoms with E-state index in [-0.39, 0.29) is 30.1 Å². The summed E-state index contributed by atoms with van der Waals surface area (Å²) < 4.78 is 7.90. The lowest BCUT2D eigenvalue weighted by molar-refractivity contribution is 0.235. The van der Waals surface area contributed by atoms with Gasteiger partial charge in [-0.15, -0.1) is 24.0 Å². The number of guanidine groups is 1. The summed E-state index contributed by atoms with van der Waals surface area (Å²) in [7, 11) is 1.79. The zero-order valence-corrected chi connectivity index (χ0v) is 18.7. The van der Waals surface area contributed by atoms with Gasteiger partial charge < -0.3 is 15.4 Å². The second-order valence-electron chi connectivity index (χ2n) is 6.88. The van der Waals surface area contributed by atoms with Crippen LogP contribution < -0.4 is 15.4 Å². The van der Waals surface area contributed by atoms with Crippen LogP contribution in [0.2, 0.25) is 0 Å². The van der Waals surface area contributed by atoms with E-state index in [9.17, 15) is 0 Å². The highest BCUT2D eigenvalue weighted by Gasteiger charge is 2.22. The van der Waals surface area contributed by atoms with E-state index in [0.717, 1.165) is 24.7 Å². The number of halogens is 1. The van der Waals surface area contributed by atoms with Crippen LogP contribution in [-0.2, 0) is 19.5 Å². The third kappa shape index (κ3) is 5.72. The minimum Gasteiger partial charge on any atom is -0.488 e. The molecule has 6 nitrogen and oxygen atoms in total. The SMILES string of the molecule is CN=C(NCc1cccc(Cn2cccn2)c1)NCC1Cc2ccccc2O1.I. The standard InChI is InChI=1S/C22H25N5O.HI/c1-23-22(25-15-20-13-19-8-2-3-9-21(19)28-20)24-14-17-6-4-7-18(12-17)16-27-11-5-10-26-27;/h2-12,20H,13-16H2,1H3,(H2,23,24,25);1H. The molecule has 0 saturated heterocycles. The van der Waals surface area contributed by atoms with Gasteiger partial charge in [-0.05, 0) is 28.8 Å². The summed E-state index contributed by atoms with van der Waals surface area (Å²) in [5, 5.41) is 11.0. The van der Waals surface area contributed by atoms with E-state index in [2.05, 4.69) is 57.1 Å². The van der Waals surface area contributed by atoms with Crippen molar-refractivity contribution in [3.8, 4) is 5.75 Å². The first-order chi connectivity index (χ1) is 13.8. The molecule has 3 aromatic rings. The maximum atomic E-state index is 5.98. The van der Waals surface area contributed by atoms with Gasteiger partial charge in [0.2, 0.25) is 0 Å². The third-order valence-corrected chi connectivity index (χ3v) is 4.79. The number of rotatable bonds is 6. The molecule has 29 heavy (non-hydrogen) atoms. The van der Waals surface area contributed by atoms with Gasteiger partial charge in [0, 0.05) is 32.4 Å². The highest BCUT2D eigenvalue weighted by Crippen LogP contribution is 2.27.